The normalized spacial score (nSPS) is 21.1. The van der Waals surface area contributed by atoms with Gasteiger partial charge in [-0.25, -0.2) is 4.79 Å². The highest BCUT2D eigenvalue weighted by molar-refractivity contribution is 6.30. The smallest absolute Gasteiger partial charge is 0.387 e. The summed E-state index contributed by atoms with van der Waals surface area (Å²) in [7, 11) is 0. The molecule has 2 aromatic rings. The van der Waals surface area contributed by atoms with Crippen LogP contribution in [0.15, 0.2) is 30.5 Å². The molecule has 1 aromatic heterocycles. The van der Waals surface area contributed by atoms with E-state index in [-0.39, 0.29) is 40.3 Å². The van der Waals surface area contributed by atoms with Gasteiger partial charge in [0.05, 0.1) is 5.69 Å². The van der Waals surface area contributed by atoms with E-state index in [0.717, 1.165) is 24.3 Å². The van der Waals surface area contributed by atoms with E-state index in [2.05, 4.69) is 21.7 Å². The summed E-state index contributed by atoms with van der Waals surface area (Å²) in [4.78, 5) is 29.3. The molecule has 0 radical (unpaired) electrons. The van der Waals surface area contributed by atoms with Crippen molar-refractivity contribution in [3.63, 3.8) is 0 Å². The van der Waals surface area contributed by atoms with Crippen LogP contribution in [0.2, 0.25) is 5.02 Å². The molecular formula is C21H25Cl2F2N5O3. The van der Waals surface area contributed by atoms with Crippen molar-refractivity contribution in [3.05, 3.63) is 46.7 Å². The predicted octanol–water partition coefficient (Wildman–Crippen LogP) is 3.03. The van der Waals surface area contributed by atoms with Crippen molar-refractivity contribution in [3.8, 4) is 5.75 Å². The average molecular weight is 504 g/mol. The summed E-state index contributed by atoms with van der Waals surface area (Å²) in [5, 5.41) is 4.38. The van der Waals surface area contributed by atoms with E-state index in [0.29, 0.717) is 24.9 Å². The first-order valence-electron chi connectivity index (χ1n) is 10.4. The monoisotopic (exact) mass is 503 g/mol. The maximum Gasteiger partial charge on any atom is 0.387 e. The van der Waals surface area contributed by atoms with E-state index in [4.69, 9.17) is 17.3 Å². The zero-order valence-electron chi connectivity index (χ0n) is 17.9. The number of nitrogens with zero attached hydrogens (tertiary/aromatic N) is 4. The van der Waals surface area contributed by atoms with Crippen molar-refractivity contribution in [2.24, 2.45) is 17.6 Å². The van der Waals surface area contributed by atoms with E-state index in [9.17, 15) is 18.4 Å². The van der Waals surface area contributed by atoms with Gasteiger partial charge in [-0.2, -0.15) is 18.6 Å². The lowest BCUT2D eigenvalue weighted by molar-refractivity contribution is -0.131. The van der Waals surface area contributed by atoms with Crippen LogP contribution < -0.4 is 10.5 Å². The molecule has 2 amide bonds. The number of amides is 2. The van der Waals surface area contributed by atoms with Crippen LogP contribution in [0.5, 0.6) is 5.75 Å². The predicted molar refractivity (Wildman–Crippen MR) is 120 cm³/mol. The standard InChI is InChI=1S/C21H24ClF2N5O3.ClH/c1-2-27-8-12-10-28(11-13(12)9-27)19(30)18(16-5-6-29(26-16)21(25)31)15-7-14(22)3-4-17(15)32-20(23)24;/h3-7,12-13,18,20H,2,8-11H2,1H3,(H2,25,31);1H. The van der Waals surface area contributed by atoms with Crippen LogP contribution in [-0.4, -0.2) is 70.9 Å². The molecule has 0 spiro atoms. The Labute approximate surface area is 201 Å². The second-order valence-corrected chi connectivity index (χ2v) is 8.57. The van der Waals surface area contributed by atoms with Crippen LogP contribution in [0, 0.1) is 11.8 Å². The lowest BCUT2D eigenvalue weighted by Gasteiger charge is -2.26. The molecule has 3 atom stereocenters. The Morgan fingerprint density at radius 3 is 2.42 bits per heavy atom. The van der Waals surface area contributed by atoms with E-state index in [1.54, 1.807) is 4.90 Å². The number of hydrogen-bond acceptors (Lipinski definition) is 5. The van der Waals surface area contributed by atoms with E-state index in [1.807, 2.05) is 0 Å². The summed E-state index contributed by atoms with van der Waals surface area (Å²) < 4.78 is 31.7. The van der Waals surface area contributed by atoms with Gasteiger partial charge in [0.15, 0.2) is 0 Å². The lowest BCUT2D eigenvalue weighted by Crippen LogP contribution is -2.37. The zero-order valence-corrected chi connectivity index (χ0v) is 19.4. The molecule has 4 rings (SSSR count). The summed E-state index contributed by atoms with van der Waals surface area (Å²) in [6.45, 7) is 2.96. The topological polar surface area (TPSA) is 93.7 Å². The van der Waals surface area contributed by atoms with Gasteiger partial charge in [-0.05, 0) is 42.6 Å². The summed E-state index contributed by atoms with van der Waals surface area (Å²) in [6.07, 6.45) is 1.33. The Bertz CT molecular complexity index is 1010. The fourth-order valence-electron chi connectivity index (χ4n) is 4.69. The maximum absolute atomic E-state index is 13.7. The van der Waals surface area contributed by atoms with Crippen molar-refractivity contribution >= 4 is 35.9 Å². The molecule has 3 unspecified atom stereocenters. The van der Waals surface area contributed by atoms with Gasteiger partial charge < -0.3 is 20.3 Å². The van der Waals surface area contributed by atoms with Gasteiger partial charge in [0.2, 0.25) is 5.91 Å². The highest BCUT2D eigenvalue weighted by Crippen LogP contribution is 2.38. The molecule has 1 aromatic carbocycles. The zero-order chi connectivity index (χ0) is 23.0. The van der Waals surface area contributed by atoms with E-state index >= 15 is 0 Å². The number of hydrogen-bond donors (Lipinski definition) is 1. The fourth-order valence-corrected chi connectivity index (χ4v) is 4.87. The number of primary amides is 1. The summed E-state index contributed by atoms with van der Waals surface area (Å²) in [6, 6.07) is 4.77. The van der Waals surface area contributed by atoms with Crippen molar-refractivity contribution in [1.29, 1.82) is 0 Å². The van der Waals surface area contributed by atoms with Crippen LogP contribution in [0.1, 0.15) is 24.1 Å². The molecule has 2 saturated heterocycles. The Morgan fingerprint density at radius 1 is 1.21 bits per heavy atom. The summed E-state index contributed by atoms with van der Waals surface area (Å²) >= 11 is 6.14. The third kappa shape index (κ3) is 5.23. The number of alkyl halides is 2. The number of halogens is 4. The van der Waals surface area contributed by atoms with Crippen molar-refractivity contribution < 1.29 is 23.1 Å². The third-order valence-electron chi connectivity index (χ3n) is 6.20. The largest absolute Gasteiger partial charge is 0.435 e. The number of carbonyl (C=O) groups excluding carboxylic acids is 2. The minimum Gasteiger partial charge on any atom is -0.435 e. The van der Waals surface area contributed by atoms with Crippen LogP contribution in [0.4, 0.5) is 13.6 Å². The van der Waals surface area contributed by atoms with Gasteiger partial charge in [0.25, 0.3) is 0 Å². The quantitative estimate of drug-likeness (QED) is 0.653. The molecule has 2 aliphatic rings. The van der Waals surface area contributed by atoms with Crippen LogP contribution in [0.25, 0.3) is 0 Å². The summed E-state index contributed by atoms with van der Waals surface area (Å²) in [5.74, 6) is -0.839. The number of carbonyl (C=O) groups is 2. The molecule has 180 valence electrons. The molecule has 2 aliphatic heterocycles. The van der Waals surface area contributed by atoms with Gasteiger partial charge in [-0.15, -0.1) is 12.4 Å². The molecule has 8 nitrogen and oxygen atoms in total. The van der Waals surface area contributed by atoms with Crippen molar-refractivity contribution in [2.75, 3.05) is 32.7 Å². The molecule has 2 N–H and O–H groups in total. The van der Waals surface area contributed by atoms with Crippen LogP contribution >= 0.6 is 24.0 Å². The first kappa shape index (κ1) is 25.2. The molecular weight excluding hydrogens is 479 g/mol. The Hall–Kier alpha value is -2.43. The molecule has 12 heteroatoms. The molecule has 0 saturated carbocycles. The van der Waals surface area contributed by atoms with Gasteiger partial charge in [-0.3, -0.25) is 4.79 Å². The SMILES string of the molecule is CCN1CC2CN(C(=O)C(c3ccn(C(N)=O)n3)c3cc(Cl)ccc3OC(F)F)CC2C1.Cl. The van der Waals surface area contributed by atoms with Gasteiger partial charge in [-0.1, -0.05) is 18.5 Å². The van der Waals surface area contributed by atoms with Gasteiger partial charge in [0.1, 0.15) is 11.7 Å². The highest BCUT2D eigenvalue weighted by Gasteiger charge is 2.43. The molecule has 0 bridgehead atoms. The number of ether oxygens (including phenoxy) is 1. The maximum atomic E-state index is 13.7. The van der Waals surface area contributed by atoms with E-state index < -0.39 is 18.6 Å². The number of likely N-dealkylation sites (tertiary alicyclic amines) is 2. The highest BCUT2D eigenvalue weighted by atomic mass is 35.5. The Kier molecular flexibility index (Phi) is 7.81. The van der Waals surface area contributed by atoms with Crippen molar-refractivity contribution in [1.82, 2.24) is 19.6 Å². The molecule has 2 fully saturated rings. The first-order valence-corrected chi connectivity index (χ1v) is 10.7. The van der Waals surface area contributed by atoms with Gasteiger partial charge in [0, 0.05) is 43.0 Å². The molecule has 3 heterocycles. The Balaban J connectivity index is 0.00000306. The Morgan fingerprint density at radius 2 is 1.88 bits per heavy atom. The number of aromatic nitrogens is 2. The average Bonchev–Trinajstić information content (AvgIpc) is 3.44. The van der Waals surface area contributed by atoms with E-state index in [1.165, 1.54) is 30.5 Å². The number of nitrogens with two attached hydrogens (primary N) is 1. The third-order valence-corrected chi connectivity index (χ3v) is 6.43. The summed E-state index contributed by atoms with van der Waals surface area (Å²) in [5.41, 5.74) is 5.64. The number of benzene rings is 1. The minimum atomic E-state index is -3.08. The van der Waals surface area contributed by atoms with Crippen LogP contribution in [0.3, 0.4) is 0 Å². The molecule has 33 heavy (non-hydrogen) atoms. The first-order chi connectivity index (χ1) is 15.3. The lowest BCUT2D eigenvalue weighted by atomic mass is 9.93. The molecule has 0 aliphatic carbocycles. The second-order valence-electron chi connectivity index (χ2n) is 8.13. The fraction of sp³-hybridized carbons (Fsp3) is 0.476. The van der Waals surface area contributed by atoms with Crippen molar-refractivity contribution in [2.45, 2.75) is 19.5 Å². The minimum absolute atomic E-state index is 0. The second kappa shape index (κ2) is 10.2. The number of rotatable bonds is 6. The van der Waals surface area contributed by atoms with Gasteiger partial charge >= 0.3 is 12.6 Å². The van der Waals surface area contributed by atoms with Crippen LogP contribution in [-0.2, 0) is 4.79 Å². The number of fused-ring (bicyclic) bond motifs is 1.